The molecule has 0 aliphatic carbocycles. The largest absolute Gasteiger partial charge is 0.394 e. The van der Waals surface area contributed by atoms with Crippen LogP contribution in [0.15, 0.2) is 23.1 Å². The number of aliphatic hydroxyl groups excluding tert-OH is 1. The molecule has 1 fully saturated rings. The summed E-state index contributed by atoms with van der Waals surface area (Å²) in [7, 11) is 0. The molecular formula is C14H22N2OS. The number of hydrogen-bond donors (Lipinski definition) is 2. The zero-order valence-electron chi connectivity index (χ0n) is 11.1. The summed E-state index contributed by atoms with van der Waals surface area (Å²) in [5.74, 6) is 0.540. The molecule has 3 nitrogen and oxygen atoms in total. The molecule has 1 heterocycles. The van der Waals surface area contributed by atoms with Gasteiger partial charge in [-0.15, -0.1) is 11.8 Å². The van der Waals surface area contributed by atoms with Crippen LogP contribution in [0, 0.1) is 5.92 Å². The third-order valence-corrected chi connectivity index (χ3v) is 4.73. The summed E-state index contributed by atoms with van der Waals surface area (Å²) in [5, 5.41) is 9.58. The Bertz CT molecular complexity index is 411. The molecule has 0 bridgehead atoms. The summed E-state index contributed by atoms with van der Waals surface area (Å²) in [6, 6.07) is 6.55. The normalized spacial score (nSPS) is 23.7. The molecule has 0 spiro atoms. The fourth-order valence-corrected chi connectivity index (χ4v) is 3.45. The monoisotopic (exact) mass is 266 g/mol. The third-order valence-electron chi connectivity index (χ3n) is 3.91. The zero-order valence-corrected chi connectivity index (χ0v) is 11.9. The Morgan fingerprint density at radius 1 is 1.50 bits per heavy atom. The second-order valence-electron chi connectivity index (χ2n) is 4.87. The average molecular weight is 266 g/mol. The summed E-state index contributed by atoms with van der Waals surface area (Å²) in [6.07, 6.45) is 3.22. The maximum Gasteiger partial charge on any atom is 0.0637 e. The lowest BCUT2D eigenvalue weighted by molar-refractivity contribution is 0.244. The highest BCUT2D eigenvalue weighted by molar-refractivity contribution is 7.98. The number of nitrogens with zero attached hydrogens (tertiary/aromatic N) is 1. The number of hydrogen-bond acceptors (Lipinski definition) is 4. The zero-order chi connectivity index (χ0) is 13.1. The first kappa shape index (κ1) is 13.7. The number of benzene rings is 1. The van der Waals surface area contributed by atoms with E-state index in [0.717, 1.165) is 13.0 Å². The van der Waals surface area contributed by atoms with Crippen molar-refractivity contribution < 1.29 is 5.11 Å². The van der Waals surface area contributed by atoms with Crippen LogP contribution < -0.4 is 10.6 Å². The second kappa shape index (κ2) is 5.95. The second-order valence-corrected chi connectivity index (χ2v) is 5.72. The summed E-state index contributed by atoms with van der Waals surface area (Å²) < 4.78 is 0. The third kappa shape index (κ3) is 2.37. The van der Waals surface area contributed by atoms with Crippen molar-refractivity contribution in [3.05, 3.63) is 23.8 Å². The molecule has 2 rings (SSSR count). The summed E-state index contributed by atoms with van der Waals surface area (Å²) in [5.41, 5.74) is 8.32. The van der Waals surface area contributed by atoms with E-state index in [4.69, 9.17) is 5.73 Å². The van der Waals surface area contributed by atoms with Crippen LogP contribution in [-0.4, -0.2) is 30.6 Å². The molecule has 0 saturated carbocycles. The molecule has 2 unspecified atom stereocenters. The number of anilines is 1. The quantitative estimate of drug-likeness (QED) is 0.819. The van der Waals surface area contributed by atoms with Gasteiger partial charge in [0.05, 0.1) is 12.6 Å². The molecule has 1 aromatic rings. The standard InChI is InChI=1S/C14H22N2OS/c1-10-6-7-16(13(10)9-17)12-4-3-5-14(18-2)11(12)8-15/h3-5,10,13,17H,6-9,15H2,1-2H3. The van der Waals surface area contributed by atoms with E-state index in [0.29, 0.717) is 12.5 Å². The van der Waals surface area contributed by atoms with E-state index in [1.54, 1.807) is 11.8 Å². The smallest absolute Gasteiger partial charge is 0.0637 e. The van der Waals surface area contributed by atoms with Crippen LogP contribution >= 0.6 is 11.8 Å². The minimum Gasteiger partial charge on any atom is -0.394 e. The Morgan fingerprint density at radius 2 is 2.28 bits per heavy atom. The summed E-state index contributed by atoms with van der Waals surface area (Å²) in [6.45, 7) is 3.99. The molecule has 0 radical (unpaired) electrons. The molecule has 0 aromatic heterocycles. The van der Waals surface area contributed by atoms with Crippen LogP contribution in [0.5, 0.6) is 0 Å². The highest BCUT2D eigenvalue weighted by Crippen LogP contribution is 2.35. The van der Waals surface area contributed by atoms with Crippen molar-refractivity contribution in [2.45, 2.75) is 30.8 Å². The lowest BCUT2D eigenvalue weighted by Crippen LogP contribution is -2.36. The first-order chi connectivity index (χ1) is 8.72. The van der Waals surface area contributed by atoms with Gasteiger partial charge < -0.3 is 15.7 Å². The van der Waals surface area contributed by atoms with E-state index in [2.05, 4.69) is 36.3 Å². The maximum absolute atomic E-state index is 9.58. The van der Waals surface area contributed by atoms with Crippen molar-refractivity contribution in [2.24, 2.45) is 11.7 Å². The minimum absolute atomic E-state index is 0.217. The molecule has 4 heteroatoms. The molecule has 2 atom stereocenters. The van der Waals surface area contributed by atoms with Gasteiger partial charge in [0, 0.05) is 29.2 Å². The topological polar surface area (TPSA) is 49.5 Å². The number of thioether (sulfide) groups is 1. The Balaban J connectivity index is 2.38. The molecule has 100 valence electrons. The van der Waals surface area contributed by atoms with E-state index in [1.165, 1.54) is 16.1 Å². The number of aliphatic hydroxyl groups is 1. The van der Waals surface area contributed by atoms with Gasteiger partial charge in [0.25, 0.3) is 0 Å². The van der Waals surface area contributed by atoms with Gasteiger partial charge in [0.1, 0.15) is 0 Å². The molecule has 1 aromatic carbocycles. The Kier molecular flexibility index (Phi) is 4.54. The molecule has 1 aliphatic rings. The SMILES string of the molecule is CSc1cccc(N2CCC(C)C2CO)c1CN. The van der Waals surface area contributed by atoms with Gasteiger partial charge in [0.15, 0.2) is 0 Å². The summed E-state index contributed by atoms with van der Waals surface area (Å²) in [4.78, 5) is 3.57. The predicted molar refractivity (Wildman–Crippen MR) is 78.1 cm³/mol. The van der Waals surface area contributed by atoms with Gasteiger partial charge >= 0.3 is 0 Å². The molecular weight excluding hydrogens is 244 g/mol. The van der Waals surface area contributed by atoms with Gasteiger partial charge in [0.2, 0.25) is 0 Å². The van der Waals surface area contributed by atoms with Crippen molar-refractivity contribution in [1.82, 2.24) is 0 Å². The highest BCUT2D eigenvalue weighted by Gasteiger charge is 2.31. The first-order valence-electron chi connectivity index (χ1n) is 6.46. The maximum atomic E-state index is 9.58. The van der Waals surface area contributed by atoms with Gasteiger partial charge in [-0.1, -0.05) is 13.0 Å². The van der Waals surface area contributed by atoms with E-state index < -0.39 is 0 Å². The van der Waals surface area contributed by atoms with Crippen molar-refractivity contribution >= 4 is 17.4 Å². The van der Waals surface area contributed by atoms with Crippen LogP contribution in [0.3, 0.4) is 0 Å². The van der Waals surface area contributed by atoms with Gasteiger partial charge in [-0.3, -0.25) is 0 Å². The van der Waals surface area contributed by atoms with Crippen molar-refractivity contribution in [2.75, 3.05) is 24.3 Å². The first-order valence-corrected chi connectivity index (χ1v) is 7.68. The van der Waals surface area contributed by atoms with Crippen LogP contribution in [0.4, 0.5) is 5.69 Å². The Labute approximate surface area is 113 Å². The van der Waals surface area contributed by atoms with Gasteiger partial charge in [-0.05, 0) is 30.7 Å². The minimum atomic E-state index is 0.217. The van der Waals surface area contributed by atoms with E-state index in [-0.39, 0.29) is 12.6 Å². The van der Waals surface area contributed by atoms with E-state index in [9.17, 15) is 5.11 Å². The lowest BCUT2D eigenvalue weighted by Gasteiger charge is -2.29. The highest BCUT2D eigenvalue weighted by atomic mass is 32.2. The predicted octanol–water partition coefficient (Wildman–Crippen LogP) is 2.07. The Hall–Kier alpha value is -0.710. The van der Waals surface area contributed by atoms with Gasteiger partial charge in [-0.25, -0.2) is 0 Å². The molecule has 18 heavy (non-hydrogen) atoms. The van der Waals surface area contributed by atoms with Gasteiger partial charge in [-0.2, -0.15) is 0 Å². The molecule has 1 saturated heterocycles. The van der Waals surface area contributed by atoms with Crippen LogP contribution in [0.1, 0.15) is 18.9 Å². The number of rotatable bonds is 4. The summed E-state index contributed by atoms with van der Waals surface area (Å²) >= 11 is 1.73. The van der Waals surface area contributed by atoms with E-state index >= 15 is 0 Å². The fourth-order valence-electron chi connectivity index (χ4n) is 2.81. The molecule has 3 N–H and O–H groups in total. The number of nitrogens with two attached hydrogens (primary N) is 1. The van der Waals surface area contributed by atoms with E-state index in [1.807, 2.05) is 0 Å². The average Bonchev–Trinajstić information content (AvgIpc) is 2.78. The fraction of sp³-hybridized carbons (Fsp3) is 0.571. The molecule has 0 amide bonds. The van der Waals surface area contributed by atoms with Crippen molar-refractivity contribution in [3.63, 3.8) is 0 Å². The van der Waals surface area contributed by atoms with Crippen LogP contribution in [-0.2, 0) is 6.54 Å². The van der Waals surface area contributed by atoms with Crippen LogP contribution in [0.25, 0.3) is 0 Å². The van der Waals surface area contributed by atoms with Crippen molar-refractivity contribution in [1.29, 1.82) is 0 Å². The van der Waals surface area contributed by atoms with Crippen molar-refractivity contribution in [3.8, 4) is 0 Å². The lowest BCUT2D eigenvalue weighted by atomic mass is 10.0. The molecule has 1 aliphatic heterocycles. The van der Waals surface area contributed by atoms with Crippen LogP contribution in [0.2, 0.25) is 0 Å². The Morgan fingerprint density at radius 3 is 2.89 bits per heavy atom.